The fourth-order valence-corrected chi connectivity index (χ4v) is 5.78. The molecule has 4 nitrogen and oxygen atoms in total. The van der Waals surface area contributed by atoms with Gasteiger partial charge in [-0.3, -0.25) is 4.79 Å². The Labute approximate surface area is 166 Å². The third-order valence-corrected chi connectivity index (χ3v) is 7.15. The molecular formula is C22H31N3OS. The van der Waals surface area contributed by atoms with Gasteiger partial charge in [0.25, 0.3) is 0 Å². The number of benzene rings is 1. The molecule has 0 spiro atoms. The first-order valence-corrected chi connectivity index (χ1v) is 11.3. The van der Waals surface area contributed by atoms with Gasteiger partial charge >= 0.3 is 0 Å². The molecule has 2 fully saturated rings. The van der Waals surface area contributed by atoms with Crippen molar-refractivity contribution in [2.45, 2.75) is 71.3 Å². The van der Waals surface area contributed by atoms with Crippen LogP contribution in [0.1, 0.15) is 62.5 Å². The topological polar surface area (TPSA) is 45.2 Å². The first kappa shape index (κ1) is 18.7. The minimum absolute atomic E-state index is 0.0943. The standard InChI is InChI=1S/C22H31N3OS/c1-15-12-16(2)20-19(13-15)27-22(24-20)25-11-7-8-17(14-25)21(26)23-18-9-5-3-4-6-10-18/h12-13,17-18H,3-11,14H2,1-2H3,(H,23,26). The van der Waals surface area contributed by atoms with Gasteiger partial charge in [0.15, 0.2) is 5.13 Å². The third-order valence-electron chi connectivity index (χ3n) is 6.08. The summed E-state index contributed by atoms with van der Waals surface area (Å²) < 4.78 is 1.26. The Morgan fingerprint density at radius 2 is 1.89 bits per heavy atom. The molecule has 4 rings (SSSR count). The van der Waals surface area contributed by atoms with Gasteiger partial charge in [0.1, 0.15) is 0 Å². The van der Waals surface area contributed by atoms with Crippen LogP contribution in [0.4, 0.5) is 5.13 Å². The second-order valence-corrected chi connectivity index (χ2v) is 9.42. The smallest absolute Gasteiger partial charge is 0.225 e. The van der Waals surface area contributed by atoms with Crippen LogP contribution in [0.2, 0.25) is 0 Å². The number of hydrogen-bond donors (Lipinski definition) is 1. The van der Waals surface area contributed by atoms with Crippen LogP contribution in [-0.4, -0.2) is 30.0 Å². The van der Waals surface area contributed by atoms with Crippen molar-refractivity contribution in [2.24, 2.45) is 5.92 Å². The van der Waals surface area contributed by atoms with Crippen LogP contribution in [0.5, 0.6) is 0 Å². The quantitative estimate of drug-likeness (QED) is 0.759. The lowest BCUT2D eigenvalue weighted by Gasteiger charge is -2.32. The molecule has 1 atom stereocenters. The zero-order chi connectivity index (χ0) is 18.8. The van der Waals surface area contributed by atoms with Crippen molar-refractivity contribution in [1.82, 2.24) is 10.3 Å². The van der Waals surface area contributed by atoms with Crippen molar-refractivity contribution >= 4 is 32.6 Å². The van der Waals surface area contributed by atoms with Crippen molar-refractivity contribution in [3.63, 3.8) is 0 Å². The van der Waals surface area contributed by atoms with Crippen LogP contribution in [0.25, 0.3) is 10.2 Å². The summed E-state index contributed by atoms with van der Waals surface area (Å²) in [6.07, 6.45) is 9.52. The molecule has 1 unspecified atom stereocenters. The summed E-state index contributed by atoms with van der Waals surface area (Å²) in [6.45, 7) is 6.08. The van der Waals surface area contributed by atoms with Crippen LogP contribution >= 0.6 is 11.3 Å². The van der Waals surface area contributed by atoms with Gasteiger partial charge in [0.2, 0.25) is 5.91 Å². The molecule has 0 radical (unpaired) electrons. The number of fused-ring (bicyclic) bond motifs is 1. The fraction of sp³-hybridized carbons (Fsp3) is 0.636. The lowest BCUT2D eigenvalue weighted by atomic mass is 9.96. The Bertz CT molecular complexity index is 807. The molecule has 1 aliphatic heterocycles. The van der Waals surface area contributed by atoms with E-state index >= 15 is 0 Å². The van der Waals surface area contributed by atoms with Gasteiger partial charge < -0.3 is 10.2 Å². The largest absolute Gasteiger partial charge is 0.353 e. The molecule has 2 aromatic rings. The molecule has 146 valence electrons. The monoisotopic (exact) mass is 385 g/mol. The van der Waals surface area contributed by atoms with Gasteiger partial charge in [-0.2, -0.15) is 0 Å². The Hall–Kier alpha value is -1.62. The average Bonchev–Trinajstić information content (AvgIpc) is 2.92. The SMILES string of the molecule is Cc1cc(C)c2nc(N3CCCC(C(=O)NC4CCCCCC4)C3)sc2c1. The van der Waals surface area contributed by atoms with Crippen molar-refractivity contribution in [3.05, 3.63) is 23.3 Å². The number of aryl methyl sites for hydroxylation is 2. The first-order chi connectivity index (χ1) is 13.1. The minimum atomic E-state index is 0.0943. The van der Waals surface area contributed by atoms with Crippen molar-refractivity contribution in [3.8, 4) is 0 Å². The molecule has 1 saturated heterocycles. The Balaban J connectivity index is 1.44. The number of carbonyl (C=O) groups excluding carboxylic acids is 1. The van der Waals surface area contributed by atoms with E-state index in [0.29, 0.717) is 6.04 Å². The Morgan fingerprint density at radius 1 is 1.11 bits per heavy atom. The summed E-state index contributed by atoms with van der Waals surface area (Å²) in [5, 5.41) is 4.44. The second-order valence-electron chi connectivity index (χ2n) is 8.41. The van der Waals surface area contributed by atoms with E-state index in [1.165, 1.54) is 41.5 Å². The number of aromatic nitrogens is 1. The molecule has 1 aliphatic carbocycles. The van der Waals surface area contributed by atoms with E-state index in [0.717, 1.165) is 49.4 Å². The van der Waals surface area contributed by atoms with Gasteiger partial charge in [-0.15, -0.1) is 0 Å². The lowest BCUT2D eigenvalue weighted by molar-refractivity contribution is -0.126. The van der Waals surface area contributed by atoms with E-state index in [-0.39, 0.29) is 11.8 Å². The molecule has 1 saturated carbocycles. The van der Waals surface area contributed by atoms with E-state index in [1.54, 1.807) is 11.3 Å². The maximum absolute atomic E-state index is 12.9. The predicted molar refractivity (Wildman–Crippen MR) is 114 cm³/mol. The van der Waals surface area contributed by atoms with E-state index in [9.17, 15) is 4.79 Å². The number of carbonyl (C=O) groups is 1. The summed E-state index contributed by atoms with van der Waals surface area (Å²) >= 11 is 1.77. The van der Waals surface area contributed by atoms with Gasteiger partial charge in [0, 0.05) is 19.1 Å². The lowest BCUT2D eigenvalue weighted by Crippen LogP contribution is -2.46. The first-order valence-electron chi connectivity index (χ1n) is 10.5. The molecule has 1 N–H and O–H groups in total. The highest BCUT2D eigenvalue weighted by atomic mass is 32.1. The minimum Gasteiger partial charge on any atom is -0.353 e. The van der Waals surface area contributed by atoms with E-state index in [2.05, 4.69) is 36.2 Å². The average molecular weight is 386 g/mol. The van der Waals surface area contributed by atoms with Crippen LogP contribution < -0.4 is 10.2 Å². The second kappa shape index (κ2) is 8.17. The number of nitrogens with zero attached hydrogens (tertiary/aromatic N) is 2. The van der Waals surface area contributed by atoms with E-state index in [1.807, 2.05) is 0 Å². The van der Waals surface area contributed by atoms with E-state index < -0.39 is 0 Å². The fourth-order valence-electron chi connectivity index (χ4n) is 4.60. The molecule has 2 aliphatic rings. The zero-order valence-corrected chi connectivity index (χ0v) is 17.4. The number of amides is 1. The van der Waals surface area contributed by atoms with Gasteiger partial charge in [-0.25, -0.2) is 4.98 Å². The molecule has 0 bridgehead atoms. The van der Waals surface area contributed by atoms with Crippen molar-refractivity contribution in [2.75, 3.05) is 18.0 Å². The van der Waals surface area contributed by atoms with E-state index in [4.69, 9.17) is 4.98 Å². The van der Waals surface area contributed by atoms with Crippen molar-refractivity contribution in [1.29, 1.82) is 0 Å². The number of thiazole rings is 1. The van der Waals surface area contributed by atoms with Gasteiger partial charge in [0.05, 0.1) is 16.1 Å². The van der Waals surface area contributed by atoms with Gasteiger partial charge in [-0.05, 0) is 56.7 Å². The normalized spacial score (nSPS) is 22.0. The maximum atomic E-state index is 12.9. The van der Waals surface area contributed by atoms with Crippen molar-refractivity contribution < 1.29 is 4.79 Å². The van der Waals surface area contributed by atoms with Crippen LogP contribution in [-0.2, 0) is 4.79 Å². The Morgan fingerprint density at radius 3 is 2.67 bits per heavy atom. The number of rotatable bonds is 3. The highest BCUT2D eigenvalue weighted by Gasteiger charge is 2.29. The summed E-state index contributed by atoms with van der Waals surface area (Å²) in [6, 6.07) is 4.82. The number of piperidine rings is 1. The van der Waals surface area contributed by atoms with Crippen LogP contribution in [0, 0.1) is 19.8 Å². The zero-order valence-electron chi connectivity index (χ0n) is 16.6. The van der Waals surface area contributed by atoms with Crippen LogP contribution in [0.15, 0.2) is 12.1 Å². The summed E-state index contributed by atoms with van der Waals surface area (Å²) in [5.41, 5.74) is 3.65. The maximum Gasteiger partial charge on any atom is 0.225 e. The highest BCUT2D eigenvalue weighted by molar-refractivity contribution is 7.22. The summed E-state index contributed by atoms with van der Waals surface area (Å²) in [5.74, 6) is 0.358. The summed E-state index contributed by atoms with van der Waals surface area (Å²) in [7, 11) is 0. The third kappa shape index (κ3) is 4.29. The number of nitrogens with one attached hydrogen (secondary N) is 1. The number of hydrogen-bond acceptors (Lipinski definition) is 4. The molecule has 1 amide bonds. The van der Waals surface area contributed by atoms with Gasteiger partial charge in [-0.1, -0.05) is 43.1 Å². The van der Waals surface area contributed by atoms with Crippen LogP contribution in [0.3, 0.4) is 0 Å². The molecule has 1 aromatic heterocycles. The highest BCUT2D eigenvalue weighted by Crippen LogP contribution is 2.33. The molecule has 1 aromatic carbocycles. The molecular weight excluding hydrogens is 354 g/mol. The summed E-state index contributed by atoms with van der Waals surface area (Å²) in [4.78, 5) is 20.1. The predicted octanol–water partition coefficient (Wildman–Crippen LogP) is 4.97. The molecule has 27 heavy (non-hydrogen) atoms. The number of anilines is 1. The Kier molecular flexibility index (Phi) is 5.67. The molecule has 5 heteroatoms. The molecule has 2 heterocycles.